The number of methoxy groups -OCH3 is 1. The van der Waals surface area contributed by atoms with Gasteiger partial charge < -0.3 is 21.5 Å². The topological polar surface area (TPSA) is 156 Å². The highest BCUT2D eigenvalue weighted by molar-refractivity contribution is 6.12. The van der Waals surface area contributed by atoms with Gasteiger partial charge >= 0.3 is 6.09 Å². The van der Waals surface area contributed by atoms with Crippen LogP contribution in [0.4, 0.5) is 32.3 Å². The van der Waals surface area contributed by atoms with E-state index in [0.29, 0.717) is 16.9 Å². The van der Waals surface area contributed by atoms with Gasteiger partial charge in [0.05, 0.1) is 7.11 Å². The molecular formula is C20H21FN8O2. The van der Waals surface area contributed by atoms with E-state index in [1.165, 1.54) is 20.2 Å². The number of hydrogen-bond donors (Lipinski definition) is 4. The summed E-state index contributed by atoms with van der Waals surface area (Å²) in [5, 5.41) is 11.6. The van der Waals surface area contributed by atoms with Gasteiger partial charge in [-0.05, 0) is 18.2 Å². The number of pyridine rings is 1. The van der Waals surface area contributed by atoms with Crippen LogP contribution in [0.2, 0.25) is 0 Å². The third kappa shape index (κ3) is 4.50. The van der Waals surface area contributed by atoms with E-state index in [2.05, 4.69) is 25.0 Å². The predicted octanol–water partition coefficient (Wildman–Crippen LogP) is 2.41. The monoisotopic (exact) mass is 424 g/mol. The average molecular weight is 424 g/mol. The second-order valence-electron chi connectivity index (χ2n) is 6.41. The summed E-state index contributed by atoms with van der Waals surface area (Å²) in [5.41, 5.74) is 12.7. The number of aromatic nitrogens is 3. The second kappa shape index (κ2) is 9.03. The zero-order chi connectivity index (χ0) is 22.5. The van der Waals surface area contributed by atoms with Crippen LogP contribution in [0.5, 0.6) is 0 Å². The number of rotatable bonds is 6. The standard InChI is InChI=1S/C20H21FN8O2/c1-29(20(30)31-2)15-16(23)27-19(28-17(15)24)14(22)12-7-5-9-25-18(12)26-10-11-6-3-4-8-13(11)21/h3-9,22H,10H2,1-2H3,(H,25,26)(H4,23,24,27,28). The summed E-state index contributed by atoms with van der Waals surface area (Å²) < 4.78 is 18.5. The first-order chi connectivity index (χ1) is 14.8. The van der Waals surface area contributed by atoms with E-state index in [0.717, 1.165) is 4.90 Å². The number of anilines is 4. The van der Waals surface area contributed by atoms with Gasteiger partial charge in [0, 0.05) is 30.9 Å². The average Bonchev–Trinajstić information content (AvgIpc) is 2.77. The molecule has 1 aromatic carbocycles. The van der Waals surface area contributed by atoms with Crippen molar-refractivity contribution in [2.75, 3.05) is 35.8 Å². The summed E-state index contributed by atoms with van der Waals surface area (Å²) in [6, 6.07) is 9.64. The van der Waals surface area contributed by atoms with Crippen molar-refractivity contribution in [2.24, 2.45) is 0 Å². The van der Waals surface area contributed by atoms with E-state index in [1.807, 2.05) is 0 Å². The Labute approximate surface area is 177 Å². The molecule has 3 rings (SSSR count). The van der Waals surface area contributed by atoms with Crippen LogP contribution in [0, 0.1) is 11.2 Å². The number of benzene rings is 1. The maximum atomic E-state index is 13.9. The van der Waals surface area contributed by atoms with E-state index in [-0.39, 0.29) is 41.2 Å². The summed E-state index contributed by atoms with van der Waals surface area (Å²) in [6.45, 7) is 0.165. The molecule has 10 nitrogen and oxygen atoms in total. The van der Waals surface area contributed by atoms with Crippen molar-refractivity contribution < 1.29 is 13.9 Å². The van der Waals surface area contributed by atoms with Crippen LogP contribution in [-0.4, -0.2) is 40.9 Å². The van der Waals surface area contributed by atoms with Gasteiger partial charge in [0.2, 0.25) is 0 Å². The number of nitrogens with two attached hydrogens (primary N) is 2. The molecule has 1 amide bonds. The maximum absolute atomic E-state index is 13.9. The molecule has 0 aliphatic carbocycles. The van der Waals surface area contributed by atoms with Gasteiger partial charge in [-0.3, -0.25) is 10.3 Å². The van der Waals surface area contributed by atoms with Gasteiger partial charge in [-0.15, -0.1) is 0 Å². The largest absolute Gasteiger partial charge is 0.452 e. The molecule has 0 radical (unpaired) electrons. The van der Waals surface area contributed by atoms with Crippen LogP contribution < -0.4 is 21.7 Å². The van der Waals surface area contributed by atoms with E-state index in [4.69, 9.17) is 16.9 Å². The summed E-state index contributed by atoms with van der Waals surface area (Å²) >= 11 is 0. The third-order valence-corrected chi connectivity index (χ3v) is 4.43. The lowest BCUT2D eigenvalue weighted by Crippen LogP contribution is -2.29. The van der Waals surface area contributed by atoms with Gasteiger partial charge in [-0.2, -0.15) is 0 Å². The Bertz CT molecular complexity index is 1110. The highest BCUT2D eigenvalue weighted by Crippen LogP contribution is 2.28. The first kappa shape index (κ1) is 21.4. The molecule has 0 saturated carbocycles. The van der Waals surface area contributed by atoms with Crippen molar-refractivity contribution in [3.8, 4) is 0 Å². The van der Waals surface area contributed by atoms with Gasteiger partial charge in [-0.25, -0.2) is 24.1 Å². The molecule has 3 aromatic rings. The number of carbonyl (C=O) groups is 1. The van der Waals surface area contributed by atoms with Crippen molar-refractivity contribution in [1.82, 2.24) is 15.0 Å². The Morgan fingerprint density at radius 1 is 1.19 bits per heavy atom. The predicted molar refractivity (Wildman–Crippen MR) is 116 cm³/mol. The van der Waals surface area contributed by atoms with Crippen LogP contribution in [0.1, 0.15) is 17.0 Å². The molecule has 31 heavy (non-hydrogen) atoms. The van der Waals surface area contributed by atoms with Crippen LogP contribution >= 0.6 is 0 Å². The second-order valence-corrected chi connectivity index (χ2v) is 6.41. The first-order valence-corrected chi connectivity index (χ1v) is 9.09. The molecule has 0 atom stereocenters. The number of carbonyl (C=O) groups excluding carboxylic acids is 1. The molecule has 160 valence electrons. The normalized spacial score (nSPS) is 10.4. The zero-order valence-corrected chi connectivity index (χ0v) is 16.9. The molecule has 11 heteroatoms. The molecule has 0 bridgehead atoms. The van der Waals surface area contributed by atoms with Crippen LogP contribution in [0.15, 0.2) is 42.6 Å². The van der Waals surface area contributed by atoms with E-state index in [1.54, 1.807) is 36.5 Å². The number of hydrogen-bond acceptors (Lipinski definition) is 9. The quantitative estimate of drug-likeness (QED) is 0.440. The SMILES string of the molecule is COC(=O)N(C)c1c(N)nc(C(=N)c2cccnc2NCc2ccccc2F)nc1N. The van der Waals surface area contributed by atoms with Crippen molar-refractivity contribution in [3.05, 3.63) is 65.4 Å². The van der Waals surface area contributed by atoms with Gasteiger partial charge in [0.15, 0.2) is 17.5 Å². The molecular weight excluding hydrogens is 403 g/mol. The fraction of sp³-hybridized carbons (Fsp3) is 0.150. The number of ether oxygens (including phenoxy) is 1. The number of nitrogens with zero attached hydrogens (tertiary/aromatic N) is 4. The van der Waals surface area contributed by atoms with E-state index in [9.17, 15) is 9.18 Å². The zero-order valence-electron chi connectivity index (χ0n) is 16.9. The van der Waals surface area contributed by atoms with Crippen LogP contribution in [0.25, 0.3) is 0 Å². The highest BCUT2D eigenvalue weighted by atomic mass is 19.1. The molecule has 0 aliphatic rings. The first-order valence-electron chi connectivity index (χ1n) is 9.09. The fourth-order valence-corrected chi connectivity index (χ4v) is 2.86. The lowest BCUT2D eigenvalue weighted by atomic mass is 10.1. The Kier molecular flexibility index (Phi) is 6.24. The number of nitrogen functional groups attached to an aromatic ring is 2. The third-order valence-electron chi connectivity index (χ3n) is 4.43. The Balaban J connectivity index is 1.90. The lowest BCUT2D eigenvalue weighted by Gasteiger charge is -2.19. The van der Waals surface area contributed by atoms with E-state index >= 15 is 0 Å². The van der Waals surface area contributed by atoms with Crippen LogP contribution in [-0.2, 0) is 11.3 Å². The molecule has 0 fully saturated rings. The number of halogens is 1. The van der Waals surface area contributed by atoms with Crippen molar-refractivity contribution in [3.63, 3.8) is 0 Å². The molecule has 0 saturated heterocycles. The Hall–Kier alpha value is -4.28. The van der Waals surface area contributed by atoms with Crippen molar-refractivity contribution in [1.29, 1.82) is 5.41 Å². The smallest absolute Gasteiger partial charge is 0.413 e. The summed E-state index contributed by atoms with van der Waals surface area (Å²) in [4.78, 5) is 25.3. The van der Waals surface area contributed by atoms with E-state index < -0.39 is 6.09 Å². The van der Waals surface area contributed by atoms with Crippen LogP contribution in [0.3, 0.4) is 0 Å². The van der Waals surface area contributed by atoms with Gasteiger partial charge in [0.25, 0.3) is 0 Å². The molecule has 0 spiro atoms. The molecule has 2 aromatic heterocycles. The minimum atomic E-state index is -0.697. The Morgan fingerprint density at radius 3 is 2.52 bits per heavy atom. The number of nitrogens with one attached hydrogen (secondary N) is 2. The maximum Gasteiger partial charge on any atom is 0.413 e. The minimum Gasteiger partial charge on any atom is -0.452 e. The minimum absolute atomic E-state index is 0.0565. The van der Waals surface area contributed by atoms with Crippen molar-refractivity contribution >= 4 is 34.9 Å². The molecule has 0 unspecified atom stereocenters. The summed E-state index contributed by atoms with van der Waals surface area (Å²) in [6.07, 6.45) is 0.843. The van der Waals surface area contributed by atoms with Gasteiger partial charge in [-0.1, -0.05) is 18.2 Å². The summed E-state index contributed by atoms with van der Waals surface area (Å²) in [7, 11) is 2.63. The Morgan fingerprint density at radius 2 is 1.87 bits per heavy atom. The fourth-order valence-electron chi connectivity index (χ4n) is 2.86. The molecule has 6 N–H and O–H groups in total. The highest BCUT2D eigenvalue weighted by Gasteiger charge is 2.22. The summed E-state index contributed by atoms with van der Waals surface area (Å²) in [5.74, 6) is -0.252. The number of amides is 1. The molecule has 2 heterocycles. The van der Waals surface area contributed by atoms with Gasteiger partial charge in [0.1, 0.15) is 23.0 Å². The van der Waals surface area contributed by atoms with Crippen molar-refractivity contribution in [2.45, 2.75) is 6.54 Å². The molecule has 0 aliphatic heterocycles. The lowest BCUT2D eigenvalue weighted by molar-refractivity contribution is 0.180.